The van der Waals surface area contributed by atoms with Crippen LogP contribution >= 0.6 is 0 Å². The van der Waals surface area contributed by atoms with Gasteiger partial charge in [-0.1, -0.05) is 37.1 Å². The Kier molecular flexibility index (Phi) is 3.69. The Labute approximate surface area is 121 Å². The van der Waals surface area contributed by atoms with Crippen molar-refractivity contribution in [3.63, 3.8) is 0 Å². The van der Waals surface area contributed by atoms with E-state index in [0.717, 1.165) is 37.7 Å². The molecule has 0 radical (unpaired) electrons. The minimum absolute atomic E-state index is 0.193. The highest BCUT2D eigenvalue weighted by atomic mass is 32.2. The summed E-state index contributed by atoms with van der Waals surface area (Å²) < 4.78 is 27.1. The van der Waals surface area contributed by atoms with Crippen LogP contribution in [0.1, 0.15) is 43.2 Å². The number of aryl methyl sites for hydroxylation is 1. The lowest BCUT2D eigenvalue weighted by Gasteiger charge is -2.26. The Balaban J connectivity index is 1.90. The number of hydrogen-bond acceptors (Lipinski definition) is 2. The highest BCUT2D eigenvalue weighted by Crippen LogP contribution is 2.32. The van der Waals surface area contributed by atoms with E-state index in [0.29, 0.717) is 11.3 Å². The zero-order valence-corrected chi connectivity index (χ0v) is 12.7. The Morgan fingerprint density at radius 2 is 1.80 bits per heavy atom. The monoisotopic (exact) mass is 291 g/mol. The molecule has 2 aliphatic carbocycles. The molecule has 20 heavy (non-hydrogen) atoms. The molecular formula is C16H21NO2S. The molecule has 0 bridgehead atoms. The summed E-state index contributed by atoms with van der Waals surface area (Å²) in [6.07, 6.45) is 7.59. The third kappa shape index (κ3) is 2.42. The van der Waals surface area contributed by atoms with Gasteiger partial charge in [-0.15, -0.1) is 0 Å². The number of rotatable bonds is 3. The molecule has 0 saturated heterocycles. The Hall–Kier alpha value is -1.13. The first-order chi connectivity index (χ1) is 9.59. The van der Waals surface area contributed by atoms with Gasteiger partial charge in [-0.2, -0.15) is 4.31 Å². The fourth-order valence-corrected chi connectivity index (χ4v) is 4.87. The summed E-state index contributed by atoms with van der Waals surface area (Å²) in [5.41, 5.74) is 2.30. The van der Waals surface area contributed by atoms with Gasteiger partial charge in [0.2, 0.25) is 10.0 Å². The van der Waals surface area contributed by atoms with Crippen molar-refractivity contribution in [1.82, 2.24) is 4.31 Å². The summed E-state index contributed by atoms with van der Waals surface area (Å²) in [5.74, 6) is 0. The molecule has 0 atom stereocenters. The van der Waals surface area contributed by atoms with E-state index in [2.05, 4.69) is 6.07 Å². The van der Waals surface area contributed by atoms with E-state index in [9.17, 15) is 8.42 Å². The van der Waals surface area contributed by atoms with Crippen molar-refractivity contribution in [2.45, 2.75) is 44.6 Å². The largest absolute Gasteiger partial charge is 0.239 e. The van der Waals surface area contributed by atoms with Crippen LogP contribution < -0.4 is 0 Å². The van der Waals surface area contributed by atoms with Crippen molar-refractivity contribution in [2.75, 3.05) is 7.05 Å². The number of sulfonamides is 1. The summed E-state index contributed by atoms with van der Waals surface area (Å²) in [7, 11) is -1.55. The molecule has 3 nitrogen and oxygen atoms in total. The molecule has 3 rings (SSSR count). The predicted octanol–water partition coefficient (Wildman–Crippen LogP) is 3.18. The molecule has 0 N–H and O–H groups in total. The third-order valence-electron chi connectivity index (χ3n) is 4.56. The second kappa shape index (κ2) is 5.34. The zero-order valence-electron chi connectivity index (χ0n) is 11.9. The average Bonchev–Trinajstić information content (AvgIpc) is 3.00. The van der Waals surface area contributed by atoms with Crippen LogP contribution in [0.15, 0.2) is 29.2 Å². The first-order valence-electron chi connectivity index (χ1n) is 7.35. The quantitative estimate of drug-likeness (QED) is 0.857. The Bertz CT molecular complexity index is 628. The minimum atomic E-state index is -3.29. The zero-order chi connectivity index (χ0) is 14.2. The van der Waals surface area contributed by atoms with Crippen LogP contribution in [0.2, 0.25) is 0 Å². The molecule has 108 valence electrons. The van der Waals surface area contributed by atoms with Crippen molar-refractivity contribution < 1.29 is 8.42 Å². The van der Waals surface area contributed by atoms with Gasteiger partial charge in [-0.25, -0.2) is 8.42 Å². The van der Waals surface area contributed by atoms with E-state index in [4.69, 9.17) is 0 Å². The molecule has 1 aromatic carbocycles. The lowest BCUT2D eigenvalue weighted by molar-refractivity contribution is 0.376. The molecule has 1 fully saturated rings. The first-order valence-corrected chi connectivity index (χ1v) is 8.79. The van der Waals surface area contributed by atoms with Gasteiger partial charge in [0.25, 0.3) is 0 Å². The van der Waals surface area contributed by atoms with E-state index in [1.54, 1.807) is 11.4 Å². The van der Waals surface area contributed by atoms with Crippen molar-refractivity contribution in [1.29, 1.82) is 0 Å². The number of fused-ring (bicyclic) bond motifs is 1. The van der Waals surface area contributed by atoms with E-state index in [1.807, 2.05) is 24.3 Å². The molecule has 1 saturated carbocycles. The van der Waals surface area contributed by atoms with Gasteiger partial charge in [0.05, 0.1) is 4.91 Å². The normalized spacial score (nSPS) is 20.0. The molecular weight excluding hydrogens is 270 g/mol. The number of benzene rings is 1. The average molecular weight is 291 g/mol. The maximum Gasteiger partial charge on any atom is 0.239 e. The van der Waals surface area contributed by atoms with Gasteiger partial charge >= 0.3 is 0 Å². The summed E-state index contributed by atoms with van der Waals surface area (Å²) in [5, 5.41) is 0. The van der Waals surface area contributed by atoms with Gasteiger partial charge in [0.1, 0.15) is 0 Å². The topological polar surface area (TPSA) is 37.4 Å². The molecule has 0 unspecified atom stereocenters. The molecule has 0 spiro atoms. The maximum absolute atomic E-state index is 12.7. The van der Waals surface area contributed by atoms with Gasteiger partial charge in [0.15, 0.2) is 0 Å². The van der Waals surface area contributed by atoms with Crippen LogP contribution in [0.5, 0.6) is 0 Å². The maximum atomic E-state index is 12.7. The van der Waals surface area contributed by atoms with Gasteiger partial charge in [0, 0.05) is 13.1 Å². The lowest BCUT2D eigenvalue weighted by atomic mass is 9.98. The highest BCUT2D eigenvalue weighted by molar-refractivity contribution is 7.93. The number of allylic oxidation sites excluding steroid dienone is 1. The van der Waals surface area contributed by atoms with Crippen LogP contribution in [-0.2, 0) is 16.4 Å². The van der Waals surface area contributed by atoms with Crippen LogP contribution in [0.4, 0.5) is 0 Å². The third-order valence-corrected chi connectivity index (χ3v) is 6.60. The van der Waals surface area contributed by atoms with Crippen molar-refractivity contribution in [3.05, 3.63) is 40.3 Å². The summed E-state index contributed by atoms with van der Waals surface area (Å²) in [6.45, 7) is 0. The SMILES string of the molecule is CN(C1CCCC1)S(=O)(=O)C1=Cc2ccccc2CC1. The van der Waals surface area contributed by atoms with Crippen molar-refractivity contribution >= 4 is 16.1 Å². The van der Waals surface area contributed by atoms with Crippen molar-refractivity contribution in [3.8, 4) is 0 Å². The second-order valence-corrected chi connectivity index (χ2v) is 7.82. The van der Waals surface area contributed by atoms with E-state index in [-0.39, 0.29) is 6.04 Å². The lowest BCUT2D eigenvalue weighted by Crippen LogP contribution is -2.36. The smallest absolute Gasteiger partial charge is 0.207 e. The fraction of sp³-hybridized carbons (Fsp3) is 0.500. The first kappa shape index (κ1) is 13.8. The van der Waals surface area contributed by atoms with Crippen LogP contribution in [-0.4, -0.2) is 25.8 Å². The molecule has 0 amide bonds. The van der Waals surface area contributed by atoms with Crippen LogP contribution in [0, 0.1) is 0 Å². The van der Waals surface area contributed by atoms with Crippen molar-refractivity contribution in [2.24, 2.45) is 0 Å². The highest BCUT2D eigenvalue weighted by Gasteiger charge is 2.32. The number of nitrogens with zero attached hydrogens (tertiary/aromatic N) is 1. The van der Waals surface area contributed by atoms with Gasteiger partial charge in [-0.05, 0) is 42.9 Å². The Morgan fingerprint density at radius 1 is 1.10 bits per heavy atom. The van der Waals surface area contributed by atoms with Crippen LogP contribution in [0.3, 0.4) is 0 Å². The Morgan fingerprint density at radius 3 is 2.55 bits per heavy atom. The van der Waals surface area contributed by atoms with E-state index < -0.39 is 10.0 Å². The van der Waals surface area contributed by atoms with E-state index >= 15 is 0 Å². The van der Waals surface area contributed by atoms with Gasteiger partial charge in [-0.3, -0.25) is 0 Å². The van der Waals surface area contributed by atoms with E-state index in [1.165, 1.54) is 5.56 Å². The molecule has 2 aliphatic rings. The molecule has 0 heterocycles. The second-order valence-electron chi connectivity index (χ2n) is 5.77. The van der Waals surface area contributed by atoms with Crippen LogP contribution in [0.25, 0.3) is 6.08 Å². The molecule has 0 aliphatic heterocycles. The summed E-state index contributed by atoms with van der Waals surface area (Å²) >= 11 is 0. The fourth-order valence-electron chi connectivity index (χ4n) is 3.26. The predicted molar refractivity (Wildman–Crippen MR) is 81.7 cm³/mol. The van der Waals surface area contributed by atoms with Gasteiger partial charge < -0.3 is 0 Å². The molecule has 0 aromatic heterocycles. The number of hydrogen-bond donors (Lipinski definition) is 0. The standard InChI is InChI=1S/C16H21NO2S/c1-17(15-8-4-5-9-15)20(18,19)16-11-10-13-6-2-3-7-14(13)12-16/h2-3,6-7,12,15H,4-5,8-11H2,1H3. The molecule has 1 aromatic rings. The summed E-state index contributed by atoms with van der Waals surface area (Å²) in [4.78, 5) is 0.575. The minimum Gasteiger partial charge on any atom is -0.207 e. The molecule has 4 heteroatoms. The summed E-state index contributed by atoms with van der Waals surface area (Å²) in [6, 6.07) is 8.25.